The molecule has 0 amide bonds. The topological polar surface area (TPSA) is 42.1 Å². The molecular weight excluding hydrogens is 234 g/mol. The van der Waals surface area contributed by atoms with Gasteiger partial charge in [0.05, 0.1) is 0 Å². The average molecular weight is 263 g/mol. The van der Waals surface area contributed by atoms with Gasteiger partial charge in [0.15, 0.2) is 0 Å². The first-order valence-corrected chi connectivity index (χ1v) is 7.47. The van der Waals surface area contributed by atoms with Crippen molar-refractivity contribution in [3.8, 4) is 0 Å². The molecule has 1 heterocycles. The number of nitrogens with two attached hydrogens (primary N) is 1. The Morgan fingerprint density at radius 1 is 1.21 bits per heavy atom. The molecule has 0 bridgehead atoms. The van der Waals surface area contributed by atoms with E-state index in [1.807, 2.05) is 6.20 Å². The molecule has 0 saturated heterocycles. The van der Waals surface area contributed by atoms with Gasteiger partial charge in [-0.05, 0) is 43.7 Å². The predicted octanol–water partition coefficient (Wildman–Crippen LogP) is 3.29. The maximum absolute atomic E-state index is 6.01. The van der Waals surface area contributed by atoms with Crippen LogP contribution >= 0.6 is 0 Å². The second-order valence-corrected chi connectivity index (χ2v) is 5.44. The number of rotatable bonds is 7. The van der Waals surface area contributed by atoms with Crippen LogP contribution in [-0.4, -0.2) is 24.1 Å². The highest BCUT2D eigenvalue weighted by Gasteiger charge is 2.15. The van der Waals surface area contributed by atoms with Crippen LogP contribution in [0.3, 0.4) is 0 Å². The number of aryl methyl sites for hydroxylation is 1. The highest BCUT2D eigenvalue weighted by molar-refractivity contribution is 5.47. The standard InChI is InChI=1S/C16H29N3/c1-6-14(17)10-13-9-12(4)16(18-11-13)19(5)15(7-2)8-3/h9,11,14-15H,6-8,10,17H2,1-5H3. The van der Waals surface area contributed by atoms with Gasteiger partial charge in [-0.2, -0.15) is 0 Å². The Balaban J connectivity index is 2.87. The minimum Gasteiger partial charge on any atom is -0.357 e. The summed E-state index contributed by atoms with van der Waals surface area (Å²) in [5, 5.41) is 0. The smallest absolute Gasteiger partial charge is 0.131 e. The van der Waals surface area contributed by atoms with Crippen molar-refractivity contribution in [3.63, 3.8) is 0 Å². The normalized spacial score (nSPS) is 12.8. The Morgan fingerprint density at radius 3 is 2.32 bits per heavy atom. The molecule has 0 aromatic carbocycles. The Bertz CT molecular complexity index is 386. The van der Waals surface area contributed by atoms with E-state index in [9.17, 15) is 0 Å². The summed E-state index contributed by atoms with van der Waals surface area (Å²) in [6.07, 6.45) is 6.21. The van der Waals surface area contributed by atoms with Crippen molar-refractivity contribution in [2.75, 3.05) is 11.9 Å². The Labute approximate surface area is 118 Å². The van der Waals surface area contributed by atoms with Crippen LogP contribution in [0.1, 0.15) is 51.2 Å². The average Bonchev–Trinajstić information content (AvgIpc) is 2.40. The highest BCUT2D eigenvalue weighted by Crippen LogP contribution is 2.21. The molecule has 1 unspecified atom stereocenters. The molecule has 2 N–H and O–H groups in total. The molecule has 1 atom stereocenters. The molecule has 0 aliphatic carbocycles. The maximum Gasteiger partial charge on any atom is 0.131 e. The van der Waals surface area contributed by atoms with E-state index < -0.39 is 0 Å². The fourth-order valence-electron chi connectivity index (χ4n) is 2.56. The number of hydrogen-bond acceptors (Lipinski definition) is 3. The van der Waals surface area contributed by atoms with E-state index in [4.69, 9.17) is 5.73 Å². The van der Waals surface area contributed by atoms with Crippen molar-refractivity contribution in [1.29, 1.82) is 0 Å². The van der Waals surface area contributed by atoms with Crippen molar-refractivity contribution in [3.05, 3.63) is 23.4 Å². The molecule has 0 aliphatic rings. The molecule has 1 aromatic heterocycles. The van der Waals surface area contributed by atoms with Crippen molar-refractivity contribution in [2.45, 2.75) is 65.5 Å². The van der Waals surface area contributed by atoms with Gasteiger partial charge in [0, 0.05) is 25.3 Å². The van der Waals surface area contributed by atoms with Gasteiger partial charge < -0.3 is 10.6 Å². The minimum atomic E-state index is 0.240. The van der Waals surface area contributed by atoms with Crippen molar-refractivity contribution >= 4 is 5.82 Å². The monoisotopic (exact) mass is 263 g/mol. The third-order valence-electron chi connectivity index (χ3n) is 3.95. The summed E-state index contributed by atoms with van der Waals surface area (Å²) >= 11 is 0. The summed E-state index contributed by atoms with van der Waals surface area (Å²) in [6, 6.07) is 3.04. The van der Waals surface area contributed by atoms with Gasteiger partial charge in [-0.15, -0.1) is 0 Å². The largest absolute Gasteiger partial charge is 0.357 e. The molecule has 19 heavy (non-hydrogen) atoms. The van der Waals surface area contributed by atoms with Gasteiger partial charge in [0.1, 0.15) is 5.82 Å². The molecule has 1 aromatic rings. The lowest BCUT2D eigenvalue weighted by Crippen LogP contribution is -2.31. The fourth-order valence-corrected chi connectivity index (χ4v) is 2.56. The van der Waals surface area contributed by atoms with E-state index in [0.29, 0.717) is 6.04 Å². The van der Waals surface area contributed by atoms with Crippen molar-refractivity contribution in [2.24, 2.45) is 5.73 Å². The Kier molecular flexibility index (Phi) is 6.29. The van der Waals surface area contributed by atoms with Crippen molar-refractivity contribution < 1.29 is 0 Å². The van der Waals surface area contributed by atoms with Gasteiger partial charge in [-0.25, -0.2) is 4.98 Å². The van der Waals surface area contributed by atoms with E-state index in [-0.39, 0.29) is 6.04 Å². The van der Waals surface area contributed by atoms with Crippen molar-refractivity contribution in [1.82, 2.24) is 4.98 Å². The quantitative estimate of drug-likeness (QED) is 0.820. The summed E-state index contributed by atoms with van der Waals surface area (Å²) in [5.41, 5.74) is 8.50. The number of aromatic nitrogens is 1. The van der Waals surface area contributed by atoms with Crippen LogP contribution in [0.4, 0.5) is 5.82 Å². The molecule has 0 saturated carbocycles. The van der Waals surface area contributed by atoms with Gasteiger partial charge in [0.2, 0.25) is 0 Å². The summed E-state index contributed by atoms with van der Waals surface area (Å²) in [4.78, 5) is 6.96. The predicted molar refractivity (Wildman–Crippen MR) is 83.7 cm³/mol. The number of pyridine rings is 1. The molecule has 0 aliphatic heterocycles. The molecule has 1 rings (SSSR count). The molecule has 3 nitrogen and oxygen atoms in total. The minimum absolute atomic E-state index is 0.240. The van der Waals surface area contributed by atoms with Crippen LogP contribution in [0.25, 0.3) is 0 Å². The van der Waals surface area contributed by atoms with E-state index in [0.717, 1.165) is 31.5 Å². The zero-order valence-corrected chi connectivity index (χ0v) is 13.1. The highest BCUT2D eigenvalue weighted by atomic mass is 15.2. The molecule has 0 radical (unpaired) electrons. The van der Waals surface area contributed by atoms with Crippen LogP contribution in [0.5, 0.6) is 0 Å². The zero-order chi connectivity index (χ0) is 14.4. The van der Waals surface area contributed by atoms with Gasteiger partial charge in [0.25, 0.3) is 0 Å². The first kappa shape index (κ1) is 16.0. The van der Waals surface area contributed by atoms with Crippen LogP contribution < -0.4 is 10.6 Å². The summed E-state index contributed by atoms with van der Waals surface area (Å²) in [7, 11) is 2.14. The lowest BCUT2D eigenvalue weighted by Gasteiger charge is -2.28. The molecule has 0 fully saturated rings. The lowest BCUT2D eigenvalue weighted by molar-refractivity contribution is 0.585. The molecule has 108 valence electrons. The second kappa shape index (κ2) is 7.49. The number of hydrogen-bond donors (Lipinski definition) is 1. The number of nitrogens with zero attached hydrogens (tertiary/aromatic N) is 2. The van der Waals surface area contributed by atoms with Crippen LogP contribution in [0, 0.1) is 6.92 Å². The first-order valence-electron chi connectivity index (χ1n) is 7.47. The van der Waals surface area contributed by atoms with Crippen LogP contribution in [0.15, 0.2) is 12.3 Å². The summed E-state index contributed by atoms with van der Waals surface area (Å²) < 4.78 is 0. The van der Waals surface area contributed by atoms with E-state index in [1.54, 1.807) is 0 Å². The van der Waals surface area contributed by atoms with E-state index >= 15 is 0 Å². The van der Waals surface area contributed by atoms with Gasteiger partial charge in [-0.1, -0.05) is 26.8 Å². The second-order valence-electron chi connectivity index (χ2n) is 5.44. The third kappa shape index (κ3) is 4.20. The lowest BCUT2D eigenvalue weighted by atomic mass is 10.0. The van der Waals surface area contributed by atoms with Crippen LogP contribution in [-0.2, 0) is 6.42 Å². The Morgan fingerprint density at radius 2 is 1.84 bits per heavy atom. The molecule has 0 spiro atoms. The fraction of sp³-hybridized carbons (Fsp3) is 0.688. The zero-order valence-electron chi connectivity index (χ0n) is 13.1. The van der Waals surface area contributed by atoms with Crippen LogP contribution in [0.2, 0.25) is 0 Å². The first-order chi connectivity index (χ1) is 9.03. The third-order valence-corrected chi connectivity index (χ3v) is 3.95. The summed E-state index contributed by atoms with van der Waals surface area (Å²) in [6.45, 7) is 8.73. The number of anilines is 1. The SMILES string of the molecule is CCC(N)Cc1cnc(N(C)C(CC)CC)c(C)c1. The maximum atomic E-state index is 6.01. The van der Waals surface area contributed by atoms with Gasteiger partial charge in [-0.3, -0.25) is 0 Å². The Hall–Kier alpha value is -1.09. The van der Waals surface area contributed by atoms with E-state index in [1.165, 1.54) is 11.1 Å². The molecule has 3 heteroatoms. The van der Waals surface area contributed by atoms with Gasteiger partial charge >= 0.3 is 0 Å². The van der Waals surface area contributed by atoms with E-state index in [2.05, 4.69) is 50.7 Å². The molecular formula is C16H29N3. The summed E-state index contributed by atoms with van der Waals surface area (Å²) in [5.74, 6) is 1.10.